The van der Waals surface area contributed by atoms with Crippen LogP contribution in [0.4, 0.5) is 0 Å². The van der Waals surface area contributed by atoms with Crippen LogP contribution in [0.5, 0.6) is 0 Å². The number of fused-ring (bicyclic) bond motifs is 1. The van der Waals surface area contributed by atoms with Crippen LogP contribution in [0.15, 0.2) is 0 Å². The third kappa shape index (κ3) is 1.94. The number of nitrogens with zero attached hydrogens (tertiary/aromatic N) is 2. The Kier molecular flexibility index (Phi) is 2.61. The Morgan fingerprint density at radius 1 is 1.35 bits per heavy atom. The van der Waals surface area contributed by atoms with Crippen LogP contribution in [0, 0.1) is 11.8 Å². The highest BCUT2D eigenvalue weighted by atomic mass is 16.5. The number of carbonyl (C=O) groups is 1. The summed E-state index contributed by atoms with van der Waals surface area (Å²) in [7, 11) is 0. The molecule has 0 saturated heterocycles. The van der Waals surface area contributed by atoms with E-state index in [1.807, 2.05) is 0 Å². The Balaban J connectivity index is 1.77. The zero-order chi connectivity index (χ0) is 11.8. The van der Waals surface area contributed by atoms with Crippen molar-refractivity contribution in [2.75, 3.05) is 6.61 Å². The van der Waals surface area contributed by atoms with Crippen LogP contribution < -0.4 is 0 Å². The monoisotopic (exact) mass is 235 g/mol. The summed E-state index contributed by atoms with van der Waals surface area (Å²) in [5.41, 5.74) is 1.20. The summed E-state index contributed by atoms with van der Waals surface area (Å²) in [4.78, 5) is 11.7. The molecule has 0 bridgehead atoms. The fourth-order valence-electron chi connectivity index (χ4n) is 2.97. The second-order valence-electron chi connectivity index (χ2n) is 5.04. The average molecular weight is 235 g/mol. The minimum atomic E-state index is -0.353. The van der Waals surface area contributed by atoms with Gasteiger partial charge in [0.1, 0.15) is 5.69 Å². The molecule has 1 N–H and O–H groups in total. The molecule has 0 amide bonds. The van der Waals surface area contributed by atoms with Gasteiger partial charge >= 0.3 is 5.97 Å². The van der Waals surface area contributed by atoms with Gasteiger partial charge in [0.2, 0.25) is 0 Å². The molecule has 2 saturated carbocycles. The normalized spacial score (nSPS) is 30.8. The third-order valence-electron chi connectivity index (χ3n) is 3.97. The number of hydrogen-bond donors (Lipinski definition) is 1. The molecule has 0 spiro atoms. The molecule has 3 unspecified atom stereocenters. The zero-order valence-corrected chi connectivity index (χ0v) is 9.98. The van der Waals surface area contributed by atoms with Gasteiger partial charge in [0.05, 0.1) is 6.61 Å². The van der Waals surface area contributed by atoms with Crippen LogP contribution in [0.2, 0.25) is 0 Å². The van der Waals surface area contributed by atoms with E-state index in [-0.39, 0.29) is 5.97 Å². The molecule has 2 aliphatic carbocycles. The number of aromatic amines is 1. The highest BCUT2D eigenvalue weighted by molar-refractivity contribution is 5.88. The topological polar surface area (TPSA) is 67.9 Å². The van der Waals surface area contributed by atoms with E-state index in [9.17, 15) is 4.79 Å². The highest BCUT2D eigenvalue weighted by Gasteiger charge is 2.43. The maximum Gasteiger partial charge on any atom is 0.360 e. The third-order valence-corrected chi connectivity index (χ3v) is 3.97. The predicted octanol–water partition coefficient (Wildman–Crippen LogP) is 1.89. The quantitative estimate of drug-likeness (QED) is 0.812. The van der Waals surface area contributed by atoms with E-state index in [4.69, 9.17) is 4.74 Å². The Labute approximate surface area is 99.9 Å². The Hall–Kier alpha value is -1.39. The standard InChI is InChI=1S/C12H17N3O2/c1-2-17-12(16)11-10(13-15-14-11)8-4-3-7-5-9(7)6-8/h7-9H,2-6H2,1H3,(H,13,14,15). The summed E-state index contributed by atoms with van der Waals surface area (Å²) in [5.74, 6) is 1.84. The lowest BCUT2D eigenvalue weighted by Crippen LogP contribution is -2.14. The highest BCUT2D eigenvalue weighted by Crippen LogP contribution is 2.53. The number of ether oxygens (including phenoxy) is 1. The number of H-pyrrole nitrogens is 1. The van der Waals surface area contributed by atoms with Crippen molar-refractivity contribution < 1.29 is 9.53 Å². The van der Waals surface area contributed by atoms with E-state index in [0.717, 1.165) is 30.4 Å². The average Bonchev–Trinajstić information content (AvgIpc) is 2.93. The van der Waals surface area contributed by atoms with E-state index in [0.29, 0.717) is 18.2 Å². The summed E-state index contributed by atoms with van der Waals surface area (Å²) in [6, 6.07) is 0. The molecule has 17 heavy (non-hydrogen) atoms. The number of carbonyl (C=O) groups excluding carboxylic acids is 1. The second-order valence-corrected chi connectivity index (χ2v) is 5.04. The molecule has 2 fully saturated rings. The summed E-state index contributed by atoms with van der Waals surface area (Å²) < 4.78 is 4.99. The van der Waals surface area contributed by atoms with Gasteiger partial charge in [-0.2, -0.15) is 10.3 Å². The summed E-state index contributed by atoms with van der Waals surface area (Å²) >= 11 is 0. The smallest absolute Gasteiger partial charge is 0.360 e. The van der Waals surface area contributed by atoms with Crippen molar-refractivity contribution in [3.8, 4) is 0 Å². The lowest BCUT2D eigenvalue weighted by atomic mass is 9.86. The first-order valence-corrected chi connectivity index (χ1v) is 6.37. The largest absolute Gasteiger partial charge is 0.461 e. The van der Waals surface area contributed by atoms with Gasteiger partial charge in [-0.1, -0.05) is 0 Å². The minimum absolute atomic E-state index is 0.353. The zero-order valence-electron chi connectivity index (χ0n) is 9.98. The van der Waals surface area contributed by atoms with Crippen molar-refractivity contribution >= 4 is 5.97 Å². The van der Waals surface area contributed by atoms with Gasteiger partial charge in [0.25, 0.3) is 0 Å². The van der Waals surface area contributed by atoms with Gasteiger partial charge in [-0.05, 0) is 44.4 Å². The maximum atomic E-state index is 11.7. The molecular formula is C12H17N3O2. The molecule has 92 valence electrons. The Morgan fingerprint density at radius 2 is 2.24 bits per heavy atom. The molecule has 0 aliphatic heterocycles. The number of aromatic nitrogens is 3. The first-order chi connectivity index (χ1) is 8.29. The first kappa shape index (κ1) is 10.7. The summed E-state index contributed by atoms with van der Waals surface area (Å²) in [6.07, 6.45) is 4.91. The molecule has 0 radical (unpaired) electrons. The molecule has 1 heterocycles. The van der Waals surface area contributed by atoms with Gasteiger partial charge < -0.3 is 4.74 Å². The van der Waals surface area contributed by atoms with Crippen molar-refractivity contribution in [1.29, 1.82) is 0 Å². The van der Waals surface area contributed by atoms with Crippen molar-refractivity contribution in [1.82, 2.24) is 15.4 Å². The minimum Gasteiger partial charge on any atom is -0.461 e. The molecule has 5 heteroatoms. The molecule has 1 aromatic heterocycles. The van der Waals surface area contributed by atoms with E-state index in [2.05, 4.69) is 15.4 Å². The van der Waals surface area contributed by atoms with E-state index < -0.39 is 0 Å². The molecule has 1 aromatic rings. The fraction of sp³-hybridized carbons (Fsp3) is 0.750. The van der Waals surface area contributed by atoms with Crippen LogP contribution in [0.1, 0.15) is 54.7 Å². The van der Waals surface area contributed by atoms with Crippen molar-refractivity contribution in [3.63, 3.8) is 0 Å². The van der Waals surface area contributed by atoms with E-state index in [1.165, 1.54) is 12.8 Å². The number of nitrogens with one attached hydrogen (secondary N) is 1. The van der Waals surface area contributed by atoms with Gasteiger partial charge in [0, 0.05) is 5.92 Å². The van der Waals surface area contributed by atoms with Gasteiger partial charge in [-0.15, -0.1) is 5.10 Å². The maximum absolute atomic E-state index is 11.7. The van der Waals surface area contributed by atoms with Gasteiger partial charge in [0.15, 0.2) is 5.69 Å². The van der Waals surface area contributed by atoms with Crippen molar-refractivity contribution in [2.24, 2.45) is 11.8 Å². The van der Waals surface area contributed by atoms with Gasteiger partial charge in [-0.25, -0.2) is 4.79 Å². The number of esters is 1. The van der Waals surface area contributed by atoms with E-state index in [1.54, 1.807) is 6.92 Å². The van der Waals surface area contributed by atoms with Crippen LogP contribution in [-0.4, -0.2) is 28.0 Å². The van der Waals surface area contributed by atoms with Crippen LogP contribution >= 0.6 is 0 Å². The molecule has 2 aliphatic rings. The second kappa shape index (κ2) is 4.13. The van der Waals surface area contributed by atoms with Crippen molar-refractivity contribution in [2.45, 2.75) is 38.5 Å². The van der Waals surface area contributed by atoms with Crippen LogP contribution in [0.3, 0.4) is 0 Å². The molecule has 5 nitrogen and oxygen atoms in total. The summed E-state index contributed by atoms with van der Waals surface area (Å²) in [5, 5.41) is 10.7. The number of hydrogen-bond acceptors (Lipinski definition) is 4. The molecule has 0 aromatic carbocycles. The van der Waals surface area contributed by atoms with E-state index >= 15 is 0 Å². The Morgan fingerprint density at radius 3 is 3.00 bits per heavy atom. The van der Waals surface area contributed by atoms with Crippen LogP contribution in [-0.2, 0) is 4.74 Å². The lowest BCUT2D eigenvalue weighted by molar-refractivity contribution is 0.0517. The molecule has 3 atom stereocenters. The summed E-state index contributed by atoms with van der Waals surface area (Å²) in [6.45, 7) is 2.17. The lowest BCUT2D eigenvalue weighted by Gasteiger charge is -2.19. The SMILES string of the molecule is CCOC(=O)c1n[nH]nc1C1CCC2CC2C1. The van der Waals surface area contributed by atoms with Crippen molar-refractivity contribution in [3.05, 3.63) is 11.4 Å². The van der Waals surface area contributed by atoms with Crippen LogP contribution in [0.25, 0.3) is 0 Å². The molecular weight excluding hydrogens is 218 g/mol. The fourth-order valence-corrected chi connectivity index (χ4v) is 2.97. The molecule has 3 rings (SSSR count). The first-order valence-electron chi connectivity index (χ1n) is 6.37. The Bertz CT molecular complexity index is 429. The predicted molar refractivity (Wildman–Crippen MR) is 60.5 cm³/mol. The number of rotatable bonds is 3. The van der Waals surface area contributed by atoms with Gasteiger partial charge in [-0.3, -0.25) is 0 Å².